The van der Waals surface area contributed by atoms with E-state index in [0.29, 0.717) is 32.7 Å². The van der Waals surface area contributed by atoms with Gasteiger partial charge in [0.25, 0.3) is 0 Å². The Kier molecular flexibility index (Phi) is 7.39. The summed E-state index contributed by atoms with van der Waals surface area (Å²) in [5.74, 6) is 0.141. The minimum absolute atomic E-state index is 0.0313. The van der Waals surface area contributed by atoms with Gasteiger partial charge < -0.3 is 15.1 Å². The van der Waals surface area contributed by atoms with Gasteiger partial charge in [-0.05, 0) is 48.4 Å². The lowest BCUT2D eigenvalue weighted by atomic mass is 9.92. The highest BCUT2D eigenvalue weighted by Gasteiger charge is 2.34. The van der Waals surface area contributed by atoms with Crippen molar-refractivity contribution in [3.63, 3.8) is 0 Å². The number of benzene rings is 2. The molecule has 6 nitrogen and oxygen atoms in total. The van der Waals surface area contributed by atoms with Crippen LogP contribution in [0.4, 0.5) is 4.79 Å². The van der Waals surface area contributed by atoms with Gasteiger partial charge >= 0.3 is 6.03 Å². The van der Waals surface area contributed by atoms with E-state index in [-0.39, 0.29) is 24.0 Å². The molecular formula is C29H34N4O2S. The average molecular weight is 503 g/mol. The van der Waals surface area contributed by atoms with Crippen LogP contribution in [-0.4, -0.2) is 65.4 Å². The molecular weight excluding hydrogens is 468 g/mol. The number of hydrogen-bond donors (Lipinski definition) is 1. The number of piperazine rings is 1. The Morgan fingerprint density at radius 2 is 1.78 bits per heavy atom. The van der Waals surface area contributed by atoms with E-state index in [4.69, 9.17) is 0 Å². The van der Waals surface area contributed by atoms with Crippen LogP contribution >= 0.6 is 11.3 Å². The maximum absolute atomic E-state index is 13.4. The molecule has 0 radical (unpaired) electrons. The van der Waals surface area contributed by atoms with Gasteiger partial charge in [0.2, 0.25) is 5.91 Å². The second kappa shape index (κ2) is 10.8. The molecule has 0 bridgehead atoms. The molecule has 2 aliphatic heterocycles. The summed E-state index contributed by atoms with van der Waals surface area (Å²) in [5.41, 5.74) is 4.88. The fraction of sp³-hybridized carbons (Fsp3) is 0.379. The molecule has 36 heavy (non-hydrogen) atoms. The zero-order valence-corrected chi connectivity index (χ0v) is 21.8. The van der Waals surface area contributed by atoms with E-state index >= 15 is 0 Å². The van der Waals surface area contributed by atoms with E-state index in [2.05, 4.69) is 52.9 Å². The molecule has 1 aromatic heterocycles. The van der Waals surface area contributed by atoms with E-state index in [9.17, 15) is 9.59 Å². The molecule has 1 N–H and O–H groups in total. The summed E-state index contributed by atoms with van der Waals surface area (Å²) in [4.78, 5) is 33.8. The summed E-state index contributed by atoms with van der Waals surface area (Å²) in [5, 5.41) is 5.19. The molecule has 2 aliphatic rings. The Hall–Kier alpha value is -3.16. The van der Waals surface area contributed by atoms with Crippen LogP contribution in [0.5, 0.6) is 0 Å². The van der Waals surface area contributed by atoms with Crippen molar-refractivity contribution in [1.29, 1.82) is 0 Å². The largest absolute Gasteiger partial charge is 0.338 e. The first kappa shape index (κ1) is 24.5. The number of fused-ring (bicyclic) bond motifs is 1. The molecule has 1 saturated heterocycles. The Labute approximate surface area is 217 Å². The third-order valence-electron chi connectivity index (χ3n) is 7.32. The van der Waals surface area contributed by atoms with Crippen LogP contribution in [0.25, 0.3) is 0 Å². The summed E-state index contributed by atoms with van der Waals surface area (Å²) in [6.45, 7) is 7.56. The zero-order chi connectivity index (χ0) is 25.1. The molecule has 3 aromatic rings. The number of urea groups is 1. The number of carbonyl (C=O) groups is 2. The molecule has 5 rings (SSSR count). The number of amides is 3. The van der Waals surface area contributed by atoms with Crippen LogP contribution in [0.1, 0.15) is 40.1 Å². The predicted octanol–water partition coefficient (Wildman–Crippen LogP) is 4.45. The second-order valence-electron chi connectivity index (χ2n) is 9.86. The summed E-state index contributed by atoms with van der Waals surface area (Å²) in [6.07, 6.45) is 0.981. The molecule has 0 saturated carbocycles. The highest BCUT2D eigenvalue weighted by molar-refractivity contribution is 7.10. The first-order valence-electron chi connectivity index (χ1n) is 12.7. The Bertz CT molecular complexity index is 1190. The van der Waals surface area contributed by atoms with Crippen molar-refractivity contribution in [2.75, 3.05) is 32.7 Å². The number of thiophene rings is 1. The van der Waals surface area contributed by atoms with Gasteiger partial charge in [0.1, 0.15) is 0 Å². The Morgan fingerprint density at radius 3 is 2.53 bits per heavy atom. The molecule has 7 heteroatoms. The van der Waals surface area contributed by atoms with E-state index in [1.54, 1.807) is 0 Å². The number of aryl methyl sites for hydroxylation is 1. The number of nitrogens with zero attached hydrogens (tertiary/aromatic N) is 3. The summed E-state index contributed by atoms with van der Waals surface area (Å²) in [6, 6.07) is 20.8. The number of nitrogens with one attached hydrogen (secondary N) is 1. The average Bonchev–Trinajstić information content (AvgIpc) is 3.37. The van der Waals surface area contributed by atoms with Gasteiger partial charge in [0.05, 0.1) is 12.6 Å². The molecule has 188 valence electrons. The van der Waals surface area contributed by atoms with Crippen LogP contribution in [0.2, 0.25) is 0 Å². The van der Waals surface area contributed by atoms with Crippen LogP contribution in [0, 0.1) is 6.92 Å². The van der Waals surface area contributed by atoms with Crippen molar-refractivity contribution in [2.45, 2.75) is 38.9 Å². The minimum Gasteiger partial charge on any atom is -0.338 e. The quantitative estimate of drug-likeness (QED) is 0.561. The van der Waals surface area contributed by atoms with Gasteiger partial charge in [-0.15, -0.1) is 11.3 Å². The normalized spacial score (nSPS) is 20.2. The summed E-state index contributed by atoms with van der Waals surface area (Å²) < 4.78 is 0. The smallest absolute Gasteiger partial charge is 0.318 e. The van der Waals surface area contributed by atoms with Gasteiger partial charge in [-0.2, -0.15) is 0 Å². The standard InChI is InChI=1S/C29H34N4O2S/c1-21-8-10-24(11-9-21)28-25-13-17-36-26(25)12-14-32(28)20-27(34)31-15-16-33(22(2)19-31)29(35)30-18-23-6-4-3-5-7-23/h3-11,13,17,22,28H,12,14-16,18-20H2,1-2H3,(H,30,35). The van der Waals surface area contributed by atoms with Crippen LogP contribution < -0.4 is 5.32 Å². The van der Waals surface area contributed by atoms with Crippen molar-refractivity contribution in [3.05, 3.63) is 93.2 Å². The molecule has 3 amide bonds. The number of carbonyl (C=O) groups excluding carboxylic acids is 2. The fourth-order valence-electron chi connectivity index (χ4n) is 5.31. The minimum atomic E-state index is -0.0705. The topological polar surface area (TPSA) is 55.9 Å². The van der Waals surface area contributed by atoms with Crippen molar-refractivity contribution in [2.24, 2.45) is 0 Å². The summed E-state index contributed by atoms with van der Waals surface area (Å²) >= 11 is 1.82. The van der Waals surface area contributed by atoms with Crippen LogP contribution in [0.15, 0.2) is 66.0 Å². The maximum Gasteiger partial charge on any atom is 0.318 e. The van der Waals surface area contributed by atoms with Crippen molar-refractivity contribution < 1.29 is 9.59 Å². The monoisotopic (exact) mass is 502 g/mol. The highest BCUT2D eigenvalue weighted by Crippen LogP contribution is 2.37. The Balaban J connectivity index is 1.21. The first-order chi connectivity index (χ1) is 17.5. The molecule has 2 aromatic carbocycles. The molecule has 2 unspecified atom stereocenters. The van der Waals surface area contributed by atoms with E-state index in [1.807, 2.05) is 58.4 Å². The van der Waals surface area contributed by atoms with Crippen LogP contribution in [-0.2, 0) is 17.8 Å². The van der Waals surface area contributed by atoms with Crippen molar-refractivity contribution in [1.82, 2.24) is 20.0 Å². The van der Waals surface area contributed by atoms with Gasteiger partial charge in [0, 0.05) is 43.6 Å². The SMILES string of the molecule is Cc1ccc(C2c3ccsc3CCN2CC(=O)N2CCN(C(=O)NCc3ccccc3)C(C)C2)cc1. The van der Waals surface area contributed by atoms with E-state index < -0.39 is 0 Å². The van der Waals surface area contributed by atoms with E-state index in [0.717, 1.165) is 18.5 Å². The van der Waals surface area contributed by atoms with Gasteiger partial charge in [0.15, 0.2) is 0 Å². The lowest BCUT2D eigenvalue weighted by Gasteiger charge is -2.41. The second-order valence-corrected chi connectivity index (χ2v) is 10.9. The van der Waals surface area contributed by atoms with Crippen molar-refractivity contribution >= 4 is 23.3 Å². The summed E-state index contributed by atoms with van der Waals surface area (Å²) in [7, 11) is 0. The number of hydrogen-bond acceptors (Lipinski definition) is 4. The molecule has 2 atom stereocenters. The molecule has 0 aliphatic carbocycles. The van der Waals surface area contributed by atoms with E-state index in [1.165, 1.54) is 21.6 Å². The number of rotatable bonds is 5. The molecule has 3 heterocycles. The zero-order valence-electron chi connectivity index (χ0n) is 21.0. The van der Waals surface area contributed by atoms with Gasteiger partial charge in [-0.25, -0.2) is 4.79 Å². The van der Waals surface area contributed by atoms with Gasteiger partial charge in [-0.1, -0.05) is 60.2 Å². The maximum atomic E-state index is 13.4. The lowest BCUT2D eigenvalue weighted by molar-refractivity contribution is -0.135. The third-order valence-corrected chi connectivity index (χ3v) is 8.32. The highest BCUT2D eigenvalue weighted by atomic mass is 32.1. The third kappa shape index (κ3) is 5.32. The first-order valence-corrected chi connectivity index (χ1v) is 13.6. The molecule has 1 fully saturated rings. The van der Waals surface area contributed by atoms with Gasteiger partial charge in [-0.3, -0.25) is 9.69 Å². The lowest BCUT2D eigenvalue weighted by Crippen LogP contribution is -2.58. The molecule has 0 spiro atoms. The Morgan fingerprint density at radius 1 is 1.00 bits per heavy atom. The van der Waals surface area contributed by atoms with Crippen molar-refractivity contribution in [3.8, 4) is 0 Å². The van der Waals surface area contributed by atoms with Crippen LogP contribution in [0.3, 0.4) is 0 Å². The predicted molar refractivity (Wildman–Crippen MR) is 144 cm³/mol. The fourth-order valence-corrected chi connectivity index (χ4v) is 6.22.